The van der Waals surface area contributed by atoms with Crippen molar-refractivity contribution in [1.82, 2.24) is 10.2 Å². The van der Waals surface area contributed by atoms with Crippen molar-refractivity contribution in [3.8, 4) is 0 Å². The fourth-order valence-electron chi connectivity index (χ4n) is 8.79. The number of aliphatic hydroxyl groups is 2. The number of nitrogens with one attached hydrogen (secondary N) is 2. The van der Waals surface area contributed by atoms with E-state index in [2.05, 4.69) is 22.8 Å². The van der Waals surface area contributed by atoms with Gasteiger partial charge in [0, 0.05) is 48.6 Å². The number of aliphatic hydroxyl groups excluding tert-OH is 1. The number of nitrogens with zero attached hydrogens (tertiary/aromatic N) is 1. The van der Waals surface area contributed by atoms with Crippen molar-refractivity contribution in [2.24, 2.45) is 35.5 Å². The van der Waals surface area contributed by atoms with E-state index in [-0.39, 0.29) is 29.6 Å². The lowest BCUT2D eigenvalue weighted by Crippen LogP contribution is -2.48. The van der Waals surface area contributed by atoms with Gasteiger partial charge in [-0.15, -0.1) is 0 Å². The number of benzene rings is 2. The Morgan fingerprint density at radius 1 is 1.04 bits per heavy atom. The number of amides is 3. The van der Waals surface area contributed by atoms with Crippen molar-refractivity contribution in [2.75, 3.05) is 18.4 Å². The summed E-state index contributed by atoms with van der Waals surface area (Å²) in [5, 5.41) is 27.6. The van der Waals surface area contributed by atoms with Gasteiger partial charge in [-0.05, 0) is 105 Å². The molecule has 45 heavy (non-hydrogen) atoms. The molecule has 4 aliphatic carbocycles. The van der Waals surface area contributed by atoms with E-state index in [0.717, 1.165) is 36.0 Å². The van der Waals surface area contributed by atoms with E-state index in [4.69, 9.17) is 4.74 Å². The Hall–Kier alpha value is -3.69. The lowest BCUT2D eigenvalue weighted by molar-refractivity contribution is -0.127. The van der Waals surface area contributed by atoms with Crippen LogP contribution in [0.2, 0.25) is 0 Å². The highest BCUT2D eigenvalue weighted by Gasteiger charge is 2.78. The van der Waals surface area contributed by atoms with E-state index in [0.29, 0.717) is 55.1 Å². The van der Waals surface area contributed by atoms with Gasteiger partial charge in [-0.2, -0.15) is 0 Å². The summed E-state index contributed by atoms with van der Waals surface area (Å²) in [4.78, 5) is 40.8. The van der Waals surface area contributed by atoms with Gasteiger partial charge >= 0.3 is 6.09 Å². The molecule has 1 heterocycles. The minimum atomic E-state index is -1.12. The topological polar surface area (TPSA) is 128 Å². The fraction of sp³-hybridized carbons (Fsp3) is 0.528. The number of hydrogen-bond donors (Lipinski definition) is 4. The lowest BCUT2D eigenvalue weighted by atomic mass is 9.57. The van der Waals surface area contributed by atoms with Gasteiger partial charge in [-0.1, -0.05) is 30.3 Å². The molecule has 4 N–H and O–H groups in total. The first-order valence-electron chi connectivity index (χ1n) is 16.3. The molecule has 9 nitrogen and oxygen atoms in total. The molecule has 0 saturated heterocycles. The van der Waals surface area contributed by atoms with Gasteiger partial charge in [0.15, 0.2) is 0 Å². The van der Waals surface area contributed by atoms with Gasteiger partial charge in [0.25, 0.3) is 5.91 Å². The Morgan fingerprint density at radius 3 is 2.58 bits per heavy atom. The Bertz CT molecular complexity index is 1560. The maximum atomic E-state index is 13.5. The molecular weight excluding hydrogens is 570 g/mol. The van der Waals surface area contributed by atoms with Crippen LogP contribution in [0.5, 0.6) is 0 Å². The number of ether oxygens (including phenoxy) is 1. The van der Waals surface area contributed by atoms with Crippen LogP contribution in [0.3, 0.4) is 0 Å². The van der Waals surface area contributed by atoms with Crippen molar-refractivity contribution in [3.05, 3.63) is 71.3 Å². The number of anilines is 1. The molecular formula is C36H43N3O6. The molecule has 7 rings (SSSR count). The summed E-state index contributed by atoms with van der Waals surface area (Å²) in [7, 11) is 0. The first kappa shape index (κ1) is 30.0. The number of carbonyl (C=O) groups is 3. The Kier molecular flexibility index (Phi) is 7.32. The van der Waals surface area contributed by atoms with Crippen LogP contribution >= 0.6 is 0 Å². The minimum Gasteiger partial charge on any atom is -0.444 e. The van der Waals surface area contributed by atoms with Crippen LogP contribution in [-0.2, 0) is 16.1 Å². The SMILES string of the molecule is CC(C)(C)OC(=O)NCc1cccc(C2=CCN(C(=O)c3cccc(NC(=O)C4CC5CC6CC7C(O)C7(O)C4C56)c3)CC2)c1. The van der Waals surface area contributed by atoms with E-state index in [1.807, 2.05) is 39.0 Å². The second kappa shape index (κ2) is 11.0. The molecule has 3 amide bonds. The second-order valence-corrected chi connectivity index (χ2v) is 14.7. The van der Waals surface area contributed by atoms with Gasteiger partial charge in [-0.25, -0.2) is 4.79 Å². The lowest BCUT2D eigenvalue weighted by Gasteiger charge is -2.48. The molecule has 9 heteroatoms. The summed E-state index contributed by atoms with van der Waals surface area (Å²) in [6, 6.07) is 15.1. The standard InChI is InChI=1S/C36H43N3O6/c1-35(2,3)45-34(43)37-19-20-6-4-7-22(14-20)21-10-12-39(13-11-21)33(42)23-8-5-9-26(16-23)38-32(41)27-17-24-15-25-18-28-31(40)36(28,44)30(27)29(24)25/h4-10,14,16,24-25,27-31,40,44H,11-13,15,17-19H2,1-3H3,(H,37,43)(H,38,41). The molecule has 8 unspecified atom stereocenters. The van der Waals surface area contributed by atoms with Crippen LogP contribution in [-0.4, -0.2) is 63.4 Å². The van der Waals surface area contributed by atoms with Gasteiger partial charge in [-0.3, -0.25) is 9.59 Å². The number of hydrogen-bond acceptors (Lipinski definition) is 6. The molecule has 2 aromatic carbocycles. The van der Waals surface area contributed by atoms with Crippen molar-refractivity contribution in [1.29, 1.82) is 0 Å². The van der Waals surface area contributed by atoms with Crippen molar-refractivity contribution < 1.29 is 29.3 Å². The smallest absolute Gasteiger partial charge is 0.407 e. The molecule has 8 atom stereocenters. The summed E-state index contributed by atoms with van der Waals surface area (Å²) >= 11 is 0. The van der Waals surface area contributed by atoms with Crippen molar-refractivity contribution >= 4 is 29.2 Å². The van der Waals surface area contributed by atoms with Crippen molar-refractivity contribution in [2.45, 2.75) is 70.3 Å². The molecule has 4 fully saturated rings. The van der Waals surface area contributed by atoms with Gasteiger partial charge < -0.3 is 30.5 Å². The highest BCUT2D eigenvalue weighted by molar-refractivity contribution is 5.98. The molecule has 0 spiro atoms. The largest absolute Gasteiger partial charge is 0.444 e. The Morgan fingerprint density at radius 2 is 1.82 bits per heavy atom. The van der Waals surface area contributed by atoms with Crippen LogP contribution in [0.1, 0.15) is 67.9 Å². The quantitative estimate of drug-likeness (QED) is 0.377. The normalized spacial score (nSPS) is 32.8. The highest BCUT2D eigenvalue weighted by atomic mass is 16.6. The van der Waals surface area contributed by atoms with E-state index in [1.54, 1.807) is 29.2 Å². The zero-order valence-electron chi connectivity index (χ0n) is 26.2. The maximum Gasteiger partial charge on any atom is 0.407 e. The Labute approximate surface area is 264 Å². The molecule has 5 aliphatic rings. The minimum absolute atomic E-state index is 0.0935. The van der Waals surface area contributed by atoms with Crippen LogP contribution < -0.4 is 10.6 Å². The number of alkyl carbamates (subject to hydrolysis) is 1. The molecule has 2 aromatic rings. The molecule has 0 bridgehead atoms. The van der Waals surface area contributed by atoms with Gasteiger partial charge in [0.2, 0.25) is 5.91 Å². The summed E-state index contributed by atoms with van der Waals surface area (Å²) in [6.07, 6.45) is 4.33. The molecule has 0 radical (unpaired) electrons. The van der Waals surface area contributed by atoms with Crippen LogP contribution in [0, 0.1) is 35.5 Å². The van der Waals surface area contributed by atoms with E-state index in [1.165, 1.54) is 0 Å². The van der Waals surface area contributed by atoms with Gasteiger partial charge in [0.1, 0.15) is 11.2 Å². The fourth-order valence-corrected chi connectivity index (χ4v) is 8.79. The zero-order valence-corrected chi connectivity index (χ0v) is 26.2. The van der Waals surface area contributed by atoms with Crippen LogP contribution in [0.25, 0.3) is 5.57 Å². The van der Waals surface area contributed by atoms with Crippen molar-refractivity contribution in [3.63, 3.8) is 0 Å². The highest BCUT2D eigenvalue weighted by Crippen LogP contribution is 2.72. The average molecular weight is 614 g/mol. The molecule has 4 saturated carbocycles. The predicted molar refractivity (Wildman–Crippen MR) is 169 cm³/mol. The summed E-state index contributed by atoms with van der Waals surface area (Å²) in [5.74, 6) is 0.482. The third-order valence-corrected chi connectivity index (χ3v) is 10.9. The van der Waals surface area contributed by atoms with E-state index < -0.39 is 23.4 Å². The summed E-state index contributed by atoms with van der Waals surface area (Å²) in [6.45, 7) is 6.89. The third kappa shape index (κ3) is 5.44. The number of rotatable bonds is 6. The van der Waals surface area contributed by atoms with Gasteiger partial charge in [0.05, 0.1) is 6.10 Å². The number of fused-ring (bicyclic) bond motifs is 2. The van der Waals surface area contributed by atoms with Crippen LogP contribution in [0.15, 0.2) is 54.6 Å². The summed E-state index contributed by atoms with van der Waals surface area (Å²) < 4.78 is 5.33. The van der Waals surface area contributed by atoms with Crippen LogP contribution in [0.4, 0.5) is 10.5 Å². The van der Waals surface area contributed by atoms with E-state index in [9.17, 15) is 24.6 Å². The van der Waals surface area contributed by atoms with E-state index >= 15 is 0 Å². The first-order valence-corrected chi connectivity index (χ1v) is 16.3. The average Bonchev–Trinajstić information content (AvgIpc) is 3.35. The monoisotopic (exact) mass is 613 g/mol. The third-order valence-electron chi connectivity index (χ3n) is 10.9. The number of carbonyl (C=O) groups excluding carboxylic acids is 3. The maximum absolute atomic E-state index is 13.5. The molecule has 0 aromatic heterocycles. The molecule has 1 aliphatic heterocycles. The first-order chi connectivity index (χ1) is 21.4. The Balaban J connectivity index is 0.965. The zero-order chi connectivity index (χ0) is 31.7. The summed E-state index contributed by atoms with van der Waals surface area (Å²) in [5.41, 5.74) is 2.60. The molecule has 238 valence electrons. The predicted octanol–water partition coefficient (Wildman–Crippen LogP) is 4.59. The second-order valence-electron chi connectivity index (χ2n) is 14.7.